The number of aromatic nitrogens is 2. The van der Waals surface area contributed by atoms with Crippen LogP contribution in [0.3, 0.4) is 0 Å². The Bertz CT molecular complexity index is 1140. The van der Waals surface area contributed by atoms with Gasteiger partial charge in [0.05, 0.1) is 23.2 Å². The molecule has 31 heavy (non-hydrogen) atoms. The van der Waals surface area contributed by atoms with Crippen LogP contribution in [0.25, 0.3) is 11.3 Å². The molecule has 0 saturated carbocycles. The largest absolute Gasteiger partial charge is 0.354 e. The van der Waals surface area contributed by atoms with Gasteiger partial charge in [-0.15, -0.1) is 0 Å². The fraction of sp³-hybridized carbons (Fsp3) is 0.238. The predicted molar refractivity (Wildman–Crippen MR) is 108 cm³/mol. The van der Waals surface area contributed by atoms with Gasteiger partial charge in [0.15, 0.2) is 6.29 Å². The molecule has 0 saturated heterocycles. The zero-order valence-corrected chi connectivity index (χ0v) is 16.7. The molecule has 1 aliphatic heterocycles. The molecule has 3 aromatic rings. The first-order valence-corrected chi connectivity index (χ1v) is 9.40. The summed E-state index contributed by atoms with van der Waals surface area (Å²) in [6.45, 7) is 0.0434. The summed E-state index contributed by atoms with van der Waals surface area (Å²) in [4.78, 5) is 25.3. The highest BCUT2D eigenvalue weighted by atomic mass is 19.1. The van der Waals surface area contributed by atoms with Crippen LogP contribution in [0.1, 0.15) is 27.7 Å². The third-order valence-corrected chi connectivity index (χ3v) is 5.27. The van der Waals surface area contributed by atoms with E-state index in [0.29, 0.717) is 16.8 Å². The lowest BCUT2D eigenvalue weighted by Crippen LogP contribution is -2.38. The fourth-order valence-corrected chi connectivity index (χ4v) is 3.80. The molecule has 2 aromatic carbocycles. The Morgan fingerprint density at radius 2 is 1.97 bits per heavy atom. The van der Waals surface area contributed by atoms with Gasteiger partial charge in [0.25, 0.3) is 11.6 Å². The molecular formula is C21H19FN4O5. The molecule has 10 heteroatoms. The standard InChI is InChI=1S/C21H19FN4O5/c1-30-16(31-2)11-25-20(14-8-3-4-9-15(14)22)17-18(23-24-19(17)21(25)27)12-6-5-7-13(10-12)26(28)29/h3-10,16,20H,11H2,1-2H3,(H,23,24). The van der Waals surface area contributed by atoms with Crippen molar-refractivity contribution in [2.24, 2.45) is 0 Å². The third kappa shape index (κ3) is 3.56. The normalized spacial score (nSPS) is 15.5. The van der Waals surface area contributed by atoms with E-state index in [0.717, 1.165) is 0 Å². The molecule has 1 aromatic heterocycles. The molecule has 2 heterocycles. The number of nitro groups is 1. The van der Waals surface area contributed by atoms with E-state index in [1.54, 1.807) is 24.3 Å². The molecule has 4 rings (SSSR count). The number of non-ortho nitro benzene ring substituents is 1. The van der Waals surface area contributed by atoms with Gasteiger partial charge < -0.3 is 14.4 Å². The van der Waals surface area contributed by atoms with E-state index in [9.17, 15) is 19.3 Å². The molecule has 0 bridgehead atoms. The van der Waals surface area contributed by atoms with Gasteiger partial charge in [-0.25, -0.2) is 4.39 Å². The lowest BCUT2D eigenvalue weighted by molar-refractivity contribution is -0.384. The summed E-state index contributed by atoms with van der Waals surface area (Å²) in [7, 11) is 2.89. The van der Waals surface area contributed by atoms with Crippen molar-refractivity contribution >= 4 is 11.6 Å². The fourth-order valence-electron chi connectivity index (χ4n) is 3.80. The highest BCUT2D eigenvalue weighted by molar-refractivity contribution is 6.00. The SMILES string of the molecule is COC(CN1C(=O)c2[nH]nc(-c3cccc([N+](=O)[O-])c3)c2C1c1ccccc1F)OC. The number of carbonyl (C=O) groups excluding carboxylic acids is 1. The van der Waals surface area contributed by atoms with Crippen molar-refractivity contribution in [1.29, 1.82) is 0 Å². The van der Waals surface area contributed by atoms with E-state index in [1.165, 1.54) is 43.4 Å². The number of carbonyl (C=O) groups is 1. The molecule has 0 fully saturated rings. The Kier molecular flexibility index (Phi) is 5.49. The molecule has 1 N–H and O–H groups in total. The monoisotopic (exact) mass is 426 g/mol. The number of hydrogen-bond acceptors (Lipinski definition) is 6. The summed E-state index contributed by atoms with van der Waals surface area (Å²) in [6, 6.07) is 11.3. The minimum Gasteiger partial charge on any atom is -0.354 e. The van der Waals surface area contributed by atoms with Crippen LogP contribution in [0.5, 0.6) is 0 Å². The number of methoxy groups -OCH3 is 2. The number of benzene rings is 2. The maximum Gasteiger partial charge on any atom is 0.273 e. The molecule has 0 radical (unpaired) electrons. The van der Waals surface area contributed by atoms with Gasteiger partial charge in [0, 0.05) is 43.0 Å². The zero-order chi connectivity index (χ0) is 22.1. The van der Waals surface area contributed by atoms with E-state index in [1.807, 2.05) is 0 Å². The van der Waals surface area contributed by atoms with Crippen molar-refractivity contribution in [3.8, 4) is 11.3 Å². The van der Waals surface area contributed by atoms with Crippen LogP contribution in [0.15, 0.2) is 48.5 Å². The van der Waals surface area contributed by atoms with E-state index >= 15 is 0 Å². The molecule has 9 nitrogen and oxygen atoms in total. The van der Waals surface area contributed by atoms with E-state index in [4.69, 9.17) is 9.47 Å². The predicted octanol–water partition coefficient (Wildman–Crippen LogP) is 3.29. The number of hydrogen-bond donors (Lipinski definition) is 1. The number of nitrogens with zero attached hydrogens (tertiary/aromatic N) is 3. The summed E-state index contributed by atoms with van der Waals surface area (Å²) in [6.07, 6.45) is -0.726. The maximum atomic E-state index is 14.8. The quantitative estimate of drug-likeness (QED) is 0.353. The minimum atomic E-state index is -0.815. The van der Waals surface area contributed by atoms with Gasteiger partial charge in [-0.2, -0.15) is 5.10 Å². The van der Waals surface area contributed by atoms with Gasteiger partial charge >= 0.3 is 0 Å². The summed E-state index contributed by atoms with van der Waals surface area (Å²) >= 11 is 0. The zero-order valence-electron chi connectivity index (χ0n) is 16.7. The summed E-state index contributed by atoms with van der Waals surface area (Å²) in [5.41, 5.74) is 1.58. The van der Waals surface area contributed by atoms with E-state index < -0.39 is 29.0 Å². The molecule has 1 amide bonds. The second-order valence-electron chi connectivity index (χ2n) is 6.95. The molecule has 0 spiro atoms. The van der Waals surface area contributed by atoms with Crippen molar-refractivity contribution in [3.63, 3.8) is 0 Å². The van der Waals surface area contributed by atoms with Crippen molar-refractivity contribution in [2.75, 3.05) is 20.8 Å². The smallest absolute Gasteiger partial charge is 0.273 e. The lowest BCUT2D eigenvalue weighted by atomic mass is 9.95. The number of H-pyrrole nitrogens is 1. The van der Waals surface area contributed by atoms with Crippen LogP contribution in [-0.4, -0.2) is 53.0 Å². The number of nitrogens with one attached hydrogen (secondary N) is 1. The number of halogens is 1. The summed E-state index contributed by atoms with van der Waals surface area (Å²) in [5, 5.41) is 18.2. The number of rotatable bonds is 7. The number of ether oxygens (including phenoxy) is 2. The first-order chi connectivity index (χ1) is 15.0. The Morgan fingerprint density at radius 1 is 1.23 bits per heavy atom. The number of nitro benzene ring substituents is 1. The van der Waals surface area contributed by atoms with Crippen molar-refractivity contribution in [1.82, 2.24) is 15.1 Å². The van der Waals surface area contributed by atoms with Gasteiger partial charge in [-0.05, 0) is 6.07 Å². The molecule has 1 atom stereocenters. The van der Waals surface area contributed by atoms with Crippen molar-refractivity contribution in [2.45, 2.75) is 12.3 Å². The first-order valence-electron chi connectivity index (χ1n) is 9.40. The van der Waals surface area contributed by atoms with Crippen LogP contribution >= 0.6 is 0 Å². The Hall–Kier alpha value is -3.63. The lowest BCUT2D eigenvalue weighted by Gasteiger charge is -2.29. The number of fused-ring (bicyclic) bond motifs is 1. The highest BCUT2D eigenvalue weighted by Gasteiger charge is 2.44. The van der Waals surface area contributed by atoms with Crippen LogP contribution in [0, 0.1) is 15.9 Å². The number of aromatic amines is 1. The highest BCUT2D eigenvalue weighted by Crippen LogP contribution is 2.43. The van der Waals surface area contributed by atoms with E-state index in [-0.39, 0.29) is 23.5 Å². The molecule has 0 aliphatic carbocycles. The van der Waals surface area contributed by atoms with Crippen molar-refractivity contribution in [3.05, 3.63) is 81.3 Å². The van der Waals surface area contributed by atoms with Crippen LogP contribution in [0.4, 0.5) is 10.1 Å². The Balaban J connectivity index is 1.88. The second kappa shape index (κ2) is 8.25. The van der Waals surface area contributed by atoms with Crippen LogP contribution < -0.4 is 0 Å². The van der Waals surface area contributed by atoms with Crippen LogP contribution in [0.2, 0.25) is 0 Å². The van der Waals surface area contributed by atoms with E-state index in [2.05, 4.69) is 10.2 Å². The molecule has 1 unspecified atom stereocenters. The first kappa shape index (κ1) is 20.6. The van der Waals surface area contributed by atoms with Gasteiger partial charge in [-0.3, -0.25) is 20.0 Å². The minimum absolute atomic E-state index is 0.0434. The second-order valence-corrected chi connectivity index (χ2v) is 6.95. The van der Waals surface area contributed by atoms with Gasteiger partial charge in [-0.1, -0.05) is 30.3 Å². The Morgan fingerprint density at radius 3 is 2.65 bits per heavy atom. The Labute approximate surface area is 176 Å². The number of amides is 1. The summed E-state index contributed by atoms with van der Waals surface area (Å²) < 4.78 is 25.3. The van der Waals surface area contributed by atoms with Gasteiger partial charge in [0.2, 0.25) is 0 Å². The maximum absolute atomic E-state index is 14.8. The third-order valence-electron chi connectivity index (χ3n) is 5.27. The average Bonchev–Trinajstić information content (AvgIpc) is 3.32. The topological polar surface area (TPSA) is 111 Å². The van der Waals surface area contributed by atoms with Gasteiger partial charge in [0.1, 0.15) is 11.5 Å². The molecule has 1 aliphatic rings. The van der Waals surface area contributed by atoms with Crippen molar-refractivity contribution < 1.29 is 23.6 Å². The molecular weight excluding hydrogens is 407 g/mol. The molecule has 160 valence electrons. The summed E-state index contributed by atoms with van der Waals surface area (Å²) in [5.74, 6) is -0.887. The van der Waals surface area contributed by atoms with Crippen LogP contribution in [-0.2, 0) is 9.47 Å². The average molecular weight is 426 g/mol.